The van der Waals surface area contributed by atoms with E-state index in [1.54, 1.807) is 0 Å². The third-order valence-corrected chi connectivity index (χ3v) is 5.91. The monoisotopic (exact) mass is 312 g/mol. The van der Waals surface area contributed by atoms with Crippen LogP contribution < -0.4 is 10.2 Å². The first-order chi connectivity index (χ1) is 11.4. The molecule has 3 saturated heterocycles. The highest BCUT2D eigenvalue weighted by Gasteiger charge is 2.37. The van der Waals surface area contributed by atoms with Gasteiger partial charge >= 0.3 is 0 Å². The highest BCUT2D eigenvalue weighted by atomic mass is 16.5. The summed E-state index contributed by atoms with van der Waals surface area (Å²) in [7, 11) is 0. The van der Waals surface area contributed by atoms with Gasteiger partial charge in [0.25, 0.3) is 0 Å². The Bertz CT molecular complexity index is 694. The molecule has 0 unspecified atom stereocenters. The quantitative estimate of drug-likeness (QED) is 0.919. The average molecular weight is 312 g/mol. The molecule has 2 atom stereocenters. The lowest BCUT2D eigenvalue weighted by Gasteiger charge is -2.22. The van der Waals surface area contributed by atoms with Crippen LogP contribution in [0.4, 0.5) is 5.69 Å². The van der Waals surface area contributed by atoms with Crippen molar-refractivity contribution in [2.45, 2.75) is 18.8 Å². The van der Waals surface area contributed by atoms with Gasteiger partial charge in [-0.1, -0.05) is 0 Å². The van der Waals surface area contributed by atoms with Crippen LogP contribution in [0.5, 0.6) is 0 Å². The van der Waals surface area contributed by atoms with E-state index < -0.39 is 0 Å². The molecule has 5 heteroatoms. The van der Waals surface area contributed by atoms with Gasteiger partial charge in [-0.15, -0.1) is 0 Å². The topological polar surface area (TPSA) is 41.8 Å². The van der Waals surface area contributed by atoms with E-state index in [0.29, 0.717) is 17.8 Å². The number of nitrogens with zero attached hydrogens (tertiary/aromatic N) is 3. The molecule has 5 heterocycles. The normalized spacial score (nSPS) is 28.6. The first kappa shape index (κ1) is 13.8. The number of hydrogen-bond acceptors (Lipinski definition) is 4. The van der Waals surface area contributed by atoms with Crippen LogP contribution >= 0.6 is 0 Å². The fraction of sp³-hybridized carbons (Fsp3) is 0.611. The second-order valence-electron chi connectivity index (χ2n) is 7.30. The lowest BCUT2D eigenvalue weighted by molar-refractivity contribution is 0.177. The molecular formula is C18H24N4O. The predicted octanol–water partition coefficient (Wildman–Crippen LogP) is 1.88. The number of rotatable bonds is 2. The molecule has 0 aromatic carbocycles. The highest BCUT2D eigenvalue weighted by Crippen LogP contribution is 2.34. The minimum Gasteiger partial charge on any atom is -0.381 e. The molecule has 122 valence electrons. The molecule has 0 spiro atoms. The Hall–Kier alpha value is -1.59. The number of hydrogen-bond donors (Lipinski definition) is 1. The van der Waals surface area contributed by atoms with Gasteiger partial charge in [-0.2, -0.15) is 5.10 Å². The molecule has 5 rings (SSSR count). The van der Waals surface area contributed by atoms with E-state index in [1.807, 2.05) is 0 Å². The van der Waals surface area contributed by atoms with Crippen molar-refractivity contribution in [2.75, 3.05) is 44.3 Å². The third kappa shape index (κ3) is 2.34. The Balaban J connectivity index is 1.42. The SMILES string of the molecule is c1cc2c(C3CCNCC3)cnn2cc1N1C[C@H]2COC[C@H]2C1. The van der Waals surface area contributed by atoms with E-state index in [2.05, 4.69) is 44.4 Å². The molecule has 0 bridgehead atoms. The van der Waals surface area contributed by atoms with Crippen molar-refractivity contribution in [3.8, 4) is 0 Å². The van der Waals surface area contributed by atoms with Crippen molar-refractivity contribution in [2.24, 2.45) is 11.8 Å². The van der Waals surface area contributed by atoms with Gasteiger partial charge in [0, 0.05) is 30.5 Å². The van der Waals surface area contributed by atoms with E-state index >= 15 is 0 Å². The fourth-order valence-electron chi connectivity index (χ4n) is 4.53. The smallest absolute Gasteiger partial charge is 0.0698 e. The van der Waals surface area contributed by atoms with E-state index in [4.69, 9.17) is 4.74 Å². The number of pyridine rings is 1. The van der Waals surface area contributed by atoms with Gasteiger partial charge < -0.3 is 15.0 Å². The molecular weight excluding hydrogens is 288 g/mol. The standard InChI is InChI=1S/C18H24N4O/c1-2-18-17(13-3-5-19-6-4-13)7-20-22(18)10-16(1)21-8-14-11-23-12-15(14)9-21/h1-2,7,10,13-15,19H,3-6,8-9,11-12H2/t14-,15+. The van der Waals surface area contributed by atoms with Gasteiger partial charge in [0.15, 0.2) is 0 Å². The van der Waals surface area contributed by atoms with Crippen LogP contribution in [-0.4, -0.2) is 49.0 Å². The maximum atomic E-state index is 5.59. The molecule has 3 aliphatic rings. The van der Waals surface area contributed by atoms with Crippen LogP contribution in [-0.2, 0) is 4.74 Å². The summed E-state index contributed by atoms with van der Waals surface area (Å²) in [6, 6.07) is 4.55. The summed E-state index contributed by atoms with van der Waals surface area (Å²) in [5.41, 5.74) is 4.00. The lowest BCUT2D eigenvalue weighted by Crippen LogP contribution is -2.26. The van der Waals surface area contributed by atoms with Crippen molar-refractivity contribution >= 4 is 11.2 Å². The van der Waals surface area contributed by atoms with Gasteiger partial charge in [0.05, 0.1) is 36.8 Å². The number of aromatic nitrogens is 2. The Labute approximate surface area is 136 Å². The first-order valence-electron chi connectivity index (χ1n) is 8.89. The summed E-state index contributed by atoms with van der Waals surface area (Å²) in [6.07, 6.45) is 6.74. The molecule has 2 aromatic rings. The lowest BCUT2D eigenvalue weighted by atomic mass is 9.91. The number of nitrogens with one attached hydrogen (secondary N) is 1. The van der Waals surface area contributed by atoms with E-state index in [0.717, 1.165) is 39.4 Å². The second-order valence-corrected chi connectivity index (χ2v) is 7.30. The Morgan fingerprint density at radius 1 is 1.09 bits per heavy atom. The van der Waals surface area contributed by atoms with Gasteiger partial charge in [-0.25, -0.2) is 4.52 Å². The fourth-order valence-corrected chi connectivity index (χ4v) is 4.53. The van der Waals surface area contributed by atoms with Crippen molar-refractivity contribution in [3.05, 3.63) is 30.1 Å². The molecule has 3 aliphatic heterocycles. The van der Waals surface area contributed by atoms with Crippen LogP contribution in [0, 0.1) is 11.8 Å². The zero-order chi connectivity index (χ0) is 15.2. The summed E-state index contributed by atoms with van der Waals surface area (Å²) < 4.78 is 7.67. The second kappa shape index (κ2) is 5.49. The summed E-state index contributed by atoms with van der Waals surface area (Å²) in [5, 5.41) is 8.09. The zero-order valence-electron chi connectivity index (χ0n) is 13.4. The zero-order valence-corrected chi connectivity index (χ0v) is 13.4. The third-order valence-electron chi connectivity index (χ3n) is 5.91. The van der Waals surface area contributed by atoms with Crippen LogP contribution in [0.3, 0.4) is 0 Å². The summed E-state index contributed by atoms with van der Waals surface area (Å²) in [6.45, 7) is 6.37. The number of anilines is 1. The Morgan fingerprint density at radius 2 is 1.87 bits per heavy atom. The average Bonchev–Trinajstić information content (AvgIpc) is 3.29. The Morgan fingerprint density at radius 3 is 2.65 bits per heavy atom. The highest BCUT2D eigenvalue weighted by molar-refractivity contribution is 5.60. The van der Waals surface area contributed by atoms with Crippen molar-refractivity contribution < 1.29 is 4.74 Å². The number of piperidine rings is 1. The molecule has 0 amide bonds. The molecule has 2 aromatic heterocycles. The predicted molar refractivity (Wildman–Crippen MR) is 90.0 cm³/mol. The molecule has 0 saturated carbocycles. The van der Waals surface area contributed by atoms with Crippen LogP contribution in [0.1, 0.15) is 24.3 Å². The van der Waals surface area contributed by atoms with E-state index in [9.17, 15) is 0 Å². The van der Waals surface area contributed by atoms with Crippen molar-refractivity contribution in [1.29, 1.82) is 0 Å². The molecule has 0 aliphatic carbocycles. The van der Waals surface area contributed by atoms with Gasteiger partial charge in [-0.05, 0) is 44.0 Å². The van der Waals surface area contributed by atoms with Crippen LogP contribution in [0.25, 0.3) is 5.52 Å². The van der Waals surface area contributed by atoms with Crippen LogP contribution in [0.15, 0.2) is 24.5 Å². The van der Waals surface area contributed by atoms with Crippen molar-refractivity contribution in [3.63, 3.8) is 0 Å². The summed E-state index contributed by atoms with van der Waals surface area (Å²) >= 11 is 0. The van der Waals surface area contributed by atoms with E-state index in [1.165, 1.54) is 29.6 Å². The van der Waals surface area contributed by atoms with Gasteiger partial charge in [0.1, 0.15) is 0 Å². The van der Waals surface area contributed by atoms with Crippen LogP contribution in [0.2, 0.25) is 0 Å². The van der Waals surface area contributed by atoms with Crippen molar-refractivity contribution in [1.82, 2.24) is 14.9 Å². The minimum absolute atomic E-state index is 0.655. The number of ether oxygens (including phenoxy) is 1. The first-order valence-corrected chi connectivity index (χ1v) is 8.89. The van der Waals surface area contributed by atoms with E-state index in [-0.39, 0.29) is 0 Å². The largest absolute Gasteiger partial charge is 0.381 e. The van der Waals surface area contributed by atoms with Gasteiger partial charge in [-0.3, -0.25) is 0 Å². The minimum atomic E-state index is 0.655. The molecule has 23 heavy (non-hydrogen) atoms. The molecule has 3 fully saturated rings. The summed E-state index contributed by atoms with van der Waals surface area (Å²) in [5.74, 6) is 2.09. The maximum Gasteiger partial charge on any atom is 0.0698 e. The van der Waals surface area contributed by atoms with Gasteiger partial charge in [0.2, 0.25) is 0 Å². The summed E-state index contributed by atoms with van der Waals surface area (Å²) in [4.78, 5) is 2.50. The Kier molecular flexibility index (Phi) is 3.30. The molecule has 0 radical (unpaired) electrons. The maximum absolute atomic E-state index is 5.59. The molecule has 5 nitrogen and oxygen atoms in total. The number of fused-ring (bicyclic) bond motifs is 2. The molecule has 1 N–H and O–H groups in total.